The SMILES string of the molecule is Cc1cc(C)cc(OCc2nc(C(=O)N[C@H]3CCCC[C@@H]3NS(=O)(=O)c3ccc(Br)cc3)cs2)c1. The first-order valence-electron chi connectivity index (χ1n) is 11.4. The number of hydrogen-bond acceptors (Lipinski definition) is 6. The predicted molar refractivity (Wildman–Crippen MR) is 140 cm³/mol. The van der Waals surface area contributed by atoms with E-state index in [1.165, 1.54) is 11.3 Å². The van der Waals surface area contributed by atoms with Crippen LogP contribution >= 0.6 is 27.3 Å². The molecule has 0 aliphatic heterocycles. The second kappa shape index (κ2) is 11.2. The second-order valence-electron chi connectivity index (χ2n) is 8.78. The molecule has 1 saturated carbocycles. The molecule has 7 nitrogen and oxygen atoms in total. The average molecular weight is 579 g/mol. The Labute approximate surface area is 218 Å². The van der Waals surface area contributed by atoms with Gasteiger partial charge < -0.3 is 10.1 Å². The van der Waals surface area contributed by atoms with Crippen LogP contribution < -0.4 is 14.8 Å². The van der Waals surface area contributed by atoms with E-state index in [1.54, 1.807) is 29.6 Å². The molecule has 1 aliphatic rings. The minimum Gasteiger partial charge on any atom is -0.486 e. The molecule has 1 fully saturated rings. The summed E-state index contributed by atoms with van der Waals surface area (Å²) in [6.07, 6.45) is 3.18. The van der Waals surface area contributed by atoms with Crippen LogP contribution in [0.3, 0.4) is 0 Å². The van der Waals surface area contributed by atoms with Crippen molar-refractivity contribution in [1.82, 2.24) is 15.0 Å². The molecule has 0 saturated heterocycles. The van der Waals surface area contributed by atoms with Gasteiger partial charge in [0, 0.05) is 21.9 Å². The van der Waals surface area contributed by atoms with E-state index in [0.29, 0.717) is 23.5 Å². The van der Waals surface area contributed by atoms with Crippen LogP contribution in [-0.2, 0) is 16.6 Å². The van der Waals surface area contributed by atoms with E-state index in [-0.39, 0.29) is 29.5 Å². The number of carbonyl (C=O) groups excluding carboxylic acids is 1. The lowest BCUT2D eigenvalue weighted by atomic mass is 9.91. The summed E-state index contributed by atoms with van der Waals surface area (Å²) in [4.78, 5) is 17.5. The lowest BCUT2D eigenvalue weighted by Crippen LogP contribution is -2.53. The van der Waals surface area contributed by atoms with Gasteiger partial charge in [0.25, 0.3) is 5.91 Å². The van der Waals surface area contributed by atoms with E-state index in [1.807, 2.05) is 26.0 Å². The van der Waals surface area contributed by atoms with Gasteiger partial charge in [0.15, 0.2) is 0 Å². The minimum absolute atomic E-state index is 0.198. The maximum atomic E-state index is 12.9. The smallest absolute Gasteiger partial charge is 0.271 e. The van der Waals surface area contributed by atoms with Crippen molar-refractivity contribution in [1.29, 1.82) is 0 Å². The summed E-state index contributed by atoms with van der Waals surface area (Å²) in [6, 6.07) is 11.8. The molecule has 10 heteroatoms. The van der Waals surface area contributed by atoms with Crippen molar-refractivity contribution in [3.05, 3.63) is 74.1 Å². The highest BCUT2D eigenvalue weighted by Crippen LogP contribution is 2.23. The molecule has 1 amide bonds. The van der Waals surface area contributed by atoms with Crippen molar-refractivity contribution in [2.75, 3.05) is 0 Å². The van der Waals surface area contributed by atoms with Crippen LogP contribution in [0.15, 0.2) is 57.2 Å². The number of thiazole rings is 1. The molecular formula is C25H28BrN3O4S2. The Morgan fingerprint density at radius 3 is 2.43 bits per heavy atom. The Hall–Kier alpha value is -2.27. The zero-order chi connectivity index (χ0) is 25.0. The van der Waals surface area contributed by atoms with Gasteiger partial charge in [0.05, 0.1) is 4.90 Å². The lowest BCUT2D eigenvalue weighted by molar-refractivity contribution is 0.0914. The summed E-state index contributed by atoms with van der Waals surface area (Å²) in [6.45, 7) is 4.31. The highest BCUT2D eigenvalue weighted by molar-refractivity contribution is 9.10. The Kier molecular flexibility index (Phi) is 8.26. The highest BCUT2D eigenvalue weighted by atomic mass is 79.9. The normalized spacial score (nSPS) is 18.3. The van der Waals surface area contributed by atoms with Gasteiger partial charge in [-0.05, 0) is 74.2 Å². The number of carbonyl (C=O) groups is 1. The number of sulfonamides is 1. The molecule has 0 bridgehead atoms. The molecule has 1 aromatic heterocycles. The molecular weight excluding hydrogens is 550 g/mol. The van der Waals surface area contributed by atoms with Crippen LogP contribution in [0.5, 0.6) is 5.75 Å². The number of ether oxygens (including phenoxy) is 1. The summed E-state index contributed by atoms with van der Waals surface area (Å²) in [5.41, 5.74) is 2.56. The third-order valence-electron chi connectivity index (χ3n) is 5.85. The summed E-state index contributed by atoms with van der Waals surface area (Å²) in [7, 11) is -3.70. The van der Waals surface area contributed by atoms with E-state index < -0.39 is 10.0 Å². The van der Waals surface area contributed by atoms with Crippen molar-refractivity contribution < 1.29 is 17.9 Å². The predicted octanol–water partition coefficient (Wildman–Crippen LogP) is 5.12. The Morgan fingerprint density at radius 2 is 1.74 bits per heavy atom. The summed E-state index contributed by atoms with van der Waals surface area (Å²) >= 11 is 4.69. The van der Waals surface area contributed by atoms with E-state index in [4.69, 9.17) is 4.74 Å². The van der Waals surface area contributed by atoms with Crippen molar-refractivity contribution in [3.8, 4) is 5.75 Å². The number of halogens is 1. The van der Waals surface area contributed by atoms with Gasteiger partial charge in [-0.15, -0.1) is 11.3 Å². The molecule has 0 spiro atoms. The molecule has 2 aromatic carbocycles. The van der Waals surface area contributed by atoms with E-state index in [0.717, 1.165) is 34.2 Å². The van der Waals surface area contributed by atoms with Crippen molar-refractivity contribution in [2.45, 2.75) is 63.1 Å². The Bertz CT molecular complexity index is 1270. The molecule has 1 aliphatic carbocycles. The van der Waals surface area contributed by atoms with Crippen molar-refractivity contribution in [3.63, 3.8) is 0 Å². The van der Waals surface area contributed by atoms with E-state index >= 15 is 0 Å². The summed E-state index contributed by atoms with van der Waals surface area (Å²) in [5, 5.41) is 5.41. The van der Waals surface area contributed by atoms with Crippen LogP contribution in [0.1, 0.15) is 52.3 Å². The zero-order valence-corrected chi connectivity index (χ0v) is 22.8. The fourth-order valence-corrected chi connectivity index (χ4v) is 6.47. The maximum absolute atomic E-state index is 12.9. The molecule has 1 heterocycles. The molecule has 0 unspecified atom stereocenters. The molecule has 186 valence electrons. The van der Waals surface area contributed by atoms with Crippen LogP contribution in [0.25, 0.3) is 0 Å². The third-order valence-corrected chi connectivity index (χ3v) is 8.71. The van der Waals surface area contributed by atoms with Gasteiger partial charge in [-0.2, -0.15) is 0 Å². The van der Waals surface area contributed by atoms with Gasteiger partial charge in [-0.3, -0.25) is 4.79 Å². The summed E-state index contributed by atoms with van der Waals surface area (Å²) in [5.74, 6) is 0.463. The first-order chi connectivity index (χ1) is 16.7. The number of aryl methyl sites for hydroxylation is 2. The number of aromatic nitrogens is 1. The standard InChI is InChI=1S/C25H28BrN3O4S2/c1-16-11-17(2)13-19(12-16)33-14-24-27-23(15-34-24)25(30)28-21-5-3-4-6-22(21)29-35(31,32)20-9-7-18(26)8-10-20/h7-13,15,21-22,29H,3-6,14H2,1-2H3,(H,28,30)/t21-,22-/m0/s1. The number of nitrogens with one attached hydrogen (secondary N) is 2. The fraction of sp³-hybridized carbons (Fsp3) is 0.360. The van der Waals surface area contributed by atoms with Crippen LogP contribution in [0, 0.1) is 13.8 Å². The van der Waals surface area contributed by atoms with Gasteiger partial charge in [-0.25, -0.2) is 18.1 Å². The number of rotatable bonds is 8. The van der Waals surface area contributed by atoms with Gasteiger partial charge in [0.1, 0.15) is 23.1 Å². The Balaban J connectivity index is 1.38. The van der Waals surface area contributed by atoms with E-state index in [2.05, 4.69) is 37.0 Å². The van der Waals surface area contributed by atoms with Crippen LogP contribution in [0.4, 0.5) is 0 Å². The largest absolute Gasteiger partial charge is 0.486 e. The molecule has 4 rings (SSSR count). The van der Waals surface area contributed by atoms with Crippen molar-refractivity contribution >= 4 is 43.2 Å². The average Bonchev–Trinajstić information content (AvgIpc) is 3.28. The number of nitrogens with zero attached hydrogens (tertiary/aromatic N) is 1. The Morgan fingerprint density at radius 1 is 1.09 bits per heavy atom. The molecule has 35 heavy (non-hydrogen) atoms. The van der Waals surface area contributed by atoms with Gasteiger partial charge >= 0.3 is 0 Å². The molecule has 0 radical (unpaired) electrons. The minimum atomic E-state index is -3.70. The first-order valence-corrected chi connectivity index (χ1v) is 14.6. The summed E-state index contributed by atoms with van der Waals surface area (Å²) < 4.78 is 35.2. The first kappa shape index (κ1) is 25.8. The number of amides is 1. The maximum Gasteiger partial charge on any atom is 0.271 e. The van der Waals surface area contributed by atoms with Crippen LogP contribution in [-0.4, -0.2) is 31.4 Å². The fourth-order valence-electron chi connectivity index (χ4n) is 4.21. The lowest BCUT2D eigenvalue weighted by Gasteiger charge is -2.32. The van der Waals surface area contributed by atoms with E-state index in [9.17, 15) is 13.2 Å². The van der Waals surface area contributed by atoms with Gasteiger partial charge in [-0.1, -0.05) is 34.8 Å². The molecule has 2 atom stereocenters. The van der Waals surface area contributed by atoms with Gasteiger partial charge in [0.2, 0.25) is 10.0 Å². The monoisotopic (exact) mass is 577 g/mol. The molecule has 3 aromatic rings. The van der Waals surface area contributed by atoms with Crippen LogP contribution in [0.2, 0.25) is 0 Å². The van der Waals surface area contributed by atoms with Crippen molar-refractivity contribution in [2.24, 2.45) is 0 Å². The number of benzene rings is 2. The highest BCUT2D eigenvalue weighted by Gasteiger charge is 2.31. The number of hydrogen-bond donors (Lipinski definition) is 2. The third kappa shape index (κ3) is 6.91. The molecule has 2 N–H and O–H groups in total. The second-order valence-corrected chi connectivity index (χ2v) is 12.4. The quantitative estimate of drug-likeness (QED) is 0.387. The topological polar surface area (TPSA) is 97.4 Å². The zero-order valence-electron chi connectivity index (χ0n) is 19.6.